The van der Waals surface area contributed by atoms with Gasteiger partial charge in [0.15, 0.2) is 16.7 Å². The number of halogens is 1. The largest absolute Gasteiger partial charge is 0.505 e. The summed E-state index contributed by atoms with van der Waals surface area (Å²) in [5.41, 5.74) is 4.90. The summed E-state index contributed by atoms with van der Waals surface area (Å²) >= 11 is 1.06. The average molecular weight is 465 g/mol. The topological polar surface area (TPSA) is 81.9 Å². The van der Waals surface area contributed by atoms with E-state index in [4.69, 9.17) is 5.21 Å². The Balaban J connectivity index is 1.37. The average Bonchev–Trinajstić information content (AvgIpc) is 3.14. The monoisotopic (exact) mass is 464 g/mol. The normalized spacial score (nSPS) is 31.3. The van der Waals surface area contributed by atoms with E-state index < -0.39 is 11.7 Å². The smallest absolute Gasteiger partial charge is 0.286 e. The predicted octanol–water partition coefficient (Wildman–Crippen LogP) is 5.62. The number of benzene rings is 2. The van der Waals surface area contributed by atoms with Gasteiger partial charge in [-0.1, -0.05) is 18.2 Å². The van der Waals surface area contributed by atoms with Crippen molar-refractivity contribution in [3.63, 3.8) is 0 Å². The number of hydrogen-bond donors (Lipinski definition) is 3. The molecule has 7 heteroatoms. The van der Waals surface area contributed by atoms with Crippen molar-refractivity contribution in [1.29, 1.82) is 0 Å². The molecule has 5 nitrogen and oxygen atoms in total. The number of rotatable bonds is 3. The second-order valence-electron chi connectivity index (χ2n) is 10.1. The quantitative estimate of drug-likeness (QED) is 0.406. The Bertz CT molecular complexity index is 1190. The molecule has 4 fully saturated rings. The van der Waals surface area contributed by atoms with Crippen molar-refractivity contribution in [2.24, 2.45) is 22.7 Å². The zero-order valence-electron chi connectivity index (χ0n) is 18.1. The fraction of sp³-hybridized carbons (Fsp3) is 0.385. The van der Waals surface area contributed by atoms with Crippen LogP contribution in [-0.2, 0) is 10.2 Å². The van der Waals surface area contributed by atoms with Crippen molar-refractivity contribution in [2.75, 3.05) is 0 Å². The lowest BCUT2D eigenvalue weighted by atomic mass is 9.48. The lowest BCUT2D eigenvalue weighted by Gasteiger charge is -2.57. The van der Waals surface area contributed by atoms with Crippen molar-refractivity contribution in [3.05, 3.63) is 58.2 Å². The molecule has 0 unspecified atom stereocenters. The van der Waals surface area contributed by atoms with Gasteiger partial charge in [0.25, 0.3) is 5.91 Å². The summed E-state index contributed by atoms with van der Waals surface area (Å²) in [6.45, 7) is 0. The van der Waals surface area contributed by atoms with Gasteiger partial charge in [0.1, 0.15) is 0 Å². The second kappa shape index (κ2) is 7.71. The highest BCUT2D eigenvalue weighted by Crippen LogP contribution is 2.62. The van der Waals surface area contributed by atoms with Crippen LogP contribution in [-0.4, -0.2) is 21.4 Å². The Labute approximate surface area is 195 Å². The van der Waals surface area contributed by atoms with Crippen LogP contribution in [0.3, 0.4) is 0 Å². The van der Waals surface area contributed by atoms with Crippen molar-refractivity contribution >= 4 is 28.9 Å². The molecule has 33 heavy (non-hydrogen) atoms. The van der Waals surface area contributed by atoms with E-state index in [1.54, 1.807) is 6.08 Å². The van der Waals surface area contributed by atoms with Crippen LogP contribution < -0.4 is 5.48 Å². The van der Waals surface area contributed by atoms with Gasteiger partial charge < -0.3 is 5.11 Å². The van der Waals surface area contributed by atoms with Crippen LogP contribution in [0.2, 0.25) is 0 Å². The molecule has 4 saturated carbocycles. The van der Waals surface area contributed by atoms with Crippen LogP contribution in [0.15, 0.2) is 46.3 Å². The summed E-state index contributed by atoms with van der Waals surface area (Å²) in [7, 11) is 0. The summed E-state index contributed by atoms with van der Waals surface area (Å²) in [6, 6.07) is 10.9. The van der Waals surface area contributed by atoms with Crippen molar-refractivity contribution < 1.29 is 19.5 Å². The number of nitrogens with one attached hydrogen (secondary N) is 1. The molecule has 170 valence electrons. The number of hydroxylamine groups is 1. The Morgan fingerprint density at radius 3 is 2.39 bits per heavy atom. The van der Waals surface area contributed by atoms with Gasteiger partial charge in [-0.2, -0.15) is 4.99 Å². The van der Waals surface area contributed by atoms with Crippen molar-refractivity contribution in [3.8, 4) is 16.9 Å². The number of phenols is 1. The third kappa shape index (κ3) is 3.58. The van der Waals surface area contributed by atoms with Gasteiger partial charge in [0.2, 0.25) is 0 Å². The van der Waals surface area contributed by atoms with Crippen LogP contribution in [0.5, 0.6) is 5.75 Å². The van der Waals surface area contributed by atoms with Gasteiger partial charge in [-0.15, -0.1) is 0 Å². The minimum atomic E-state index is -0.574. The number of amides is 1. The predicted molar refractivity (Wildman–Crippen MR) is 126 cm³/mol. The minimum absolute atomic E-state index is 0.118. The lowest BCUT2D eigenvalue weighted by Crippen LogP contribution is -2.48. The zero-order chi connectivity index (χ0) is 22.7. The van der Waals surface area contributed by atoms with Gasteiger partial charge in [-0.25, -0.2) is 9.87 Å². The molecule has 4 aliphatic carbocycles. The maximum Gasteiger partial charge on any atom is 0.286 e. The maximum absolute atomic E-state index is 15.0. The minimum Gasteiger partial charge on any atom is -0.505 e. The molecular formula is C26H25FN2O3S. The first-order valence-electron chi connectivity index (χ1n) is 11.5. The molecule has 3 N–H and O–H groups in total. The Morgan fingerprint density at radius 1 is 1.06 bits per heavy atom. The molecule has 5 aliphatic rings. The Hall–Kier alpha value is -2.64. The highest BCUT2D eigenvalue weighted by atomic mass is 32.2. The Morgan fingerprint density at radius 2 is 1.76 bits per heavy atom. The summed E-state index contributed by atoms with van der Waals surface area (Å²) < 4.78 is 15.0. The Kier molecular flexibility index (Phi) is 4.89. The van der Waals surface area contributed by atoms with E-state index in [1.807, 2.05) is 35.8 Å². The first-order valence-corrected chi connectivity index (χ1v) is 12.3. The molecule has 1 amide bonds. The maximum atomic E-state index is 15.0. The highest BCUT2D eigenvalue weighted by Gasteiger charge is 2.52. The number of nitrogens with zero attached hydrogens (tertiary/aromatic N) is 1. The fourth-order valence-corrected chi connectivity index (χ4v) is 7.74. The standard InChI is InChI=1S/C26H25FN2O3S/c27-21-10-19(18-3-1-2-14(7-18)8-22-24(31)28-25(29-32)33-22)9-20(23(21)30)26-11-15-4-16(12-26)6-17(5-15)13-26/h1-3,7-10,15-17,30,32H,4-6,11-13H2,(H,28,29,31)/b22-8+. The number of phenolic OH excluding ortho intramolecular Hbond substituents is 1. The molecule has 1 heterocycles. The summed E-state index contributed by atoms with van der Waals surface area (Å²) in [5.74, 6) is 0.906. The lowest BCUT2D eigenvalue weighted by molar-refractivity contribution is -0.113. The number of thioether (sulfide) groups is 1. The van der Waals surface area contributed by atoms with Crippen LogP contribution in [0.25, 0.3) is 17.2 Å². The molecule has 2 aromatic rings. The zero-order valence-corrected chi connectivity index (χ0v) is 18.9. The van der Waals surface area contributed by atoms with Crippen LogP contribution in [0, 0.1) is 23.6 Å². The van der Waals surface area contributed by atoms with Gasteiger partial charge in [-0.05, 0) is 114 Å². The second-order valence-corrected chi connectivity index (χ2v) is 11.2. The third-order valence-electron chi connectivity index (χ3n) is 7.91. The molecule has 0 saturated heterocycles. The summed E-state index contributed by atoms with van der Waals surface area (Å²) in [4.78, 5) is 16.2. The number of amidine groups is 1. The molecular weight excluding hydrogens is 439 g/mol. The van der Waals surface area contributed by atoms with Crippen LogP contribution in [0.1, 0.15) is 49.7 Å². The molecule has 0 radical (unpaired) electrons. The van der Waals surface area contributed by atoms with Crippen LogP contribution >= 0.6 is 11.8 Å². The molecule has 7 rings (SSSR count). The highest BCUT2D eigenvalue weighted by molar-refractivity contribution is 8.18. The van der Waals surface area contributed by atoms with Gasteiger partial charge in [0.05, 0.1) is 4.91 Å². The number of carbonyl (C=O) groups is 1. The summed E-state index contributed by atoms with van der Waals surface area (Å²) in [5, 5.41) is 19.9. The van der Waals surface area contributed by atoms with E-state index in [0.29, 0.717) is 22.7 Å². The number of aliphatic imine (C=N–C) groups is 1. The van der Waals surface area contributed by atoms with E-state index in [-0.39, 0.29) is 16.3 Å². The molecule has 0 aromatic heterocycles. The molecule has 0 spiro atoms. The number of carbonyl (C=O) groups excluding carboxylic acids is 1. The van der Waals surface area contributed by atoms with E-state index in [2.05, 4.69) is 4.99 Å². The van der Waals surface area contributed by atoms with Crippen LogP contribution in [0.4, 0.5) is 4.39 Å². The van der Waals surface area contributed by atoms with Gasteiger partial charge in [-0.3, -0.25) is 10.0 Å². The first kappa shape index (κ1) is 20.9. The van der Waals surface area contributed by atoms with Gasteiger partial charge >= 0.3 is 0 Å². The van der Waals surface area contributed by atoms with E-state index >= 15 is 4.39 Å². The summed E-state index contributed by atoms with van der Waals surface area (Å²) in [6.07, 6.45) is 8.69. The van der Waals surface area contributed by atoms with Gasteiger partial charge in [0, 0.05) is 5.56 Å². The van der Waals surface area contributed by atoms with E-state index in [1.165, 1.54) is 25.3 Å². The molecule has 1 aliphatic heterocycles. The number of aromatic hydroxyl groups is 1. The first-order chi connectivity index (χ1) is 15.9. The van der Waals surface area contributed by atoms with Crippen molar-refractivity contribution in [1.82, 2.24) is 5.48 Å². The fourth-order valence-electron chi connectivity index (χ4n) is 7.03. The van der Waals surface area contributed by atoms with E-state index in [0.717, 1.165) is 53.3 Å². The SMILES string of the molecule is O=C1N=C(NO)S/C1=C/c1cccc(-c2cc(F)c(O)c(C34CC5CC(CC(C5)C3)C4)c2)c1. The van der Waals surface area contributed by atoms with E-state index in [9.17, 15) is 9.90 Å². The number of hydrogen-bond acceptors (Lipinski definition) is 5. The molecule has 0 atom stereocenters. The third-order valence-corrected chi connectivity index (χ3v) is 8.80. The van der Waals surface area contributed by atoms with Crippen molar-refractivity contribution in [2.45, 2.75) is 43.9 Å². The molecule has 4 bridgehead atoms. The molecule has 2 aromatic carbocycles.